The number of fused-ring (bicyclic) bond motifs is 4. The monoisotopic (exact) mass is 449 g/mol. The van der Waals surface area contributed by atoms with Gasteiger partial charge in [-0.15, -0.1) is 0 Å². The first-order valence-corrected chi connectivity index (χ1v) is 11.6. The maximum Gasteiger partial charge on any atom is 0.266 e. The molecular weight excluding hydrogens is 430 g/mol. The van der Waals surface area contributed by atoms with Crippen LogP contribution in [0.2, 0.25) is 0 Å². The Balaban J connectivity index is 1.66. The second-order valence-corrected chi connectivity index (χ2v) is 8.90. The molecule has 0 aliphatic rings. The Kier molecular flexibility index (Phi) is 4.15. The summed E-state index contributed by atoms with van der Waals surface area (Å²) in [5, 5.41) is 4.63. The molecule has 0 unspecified atom stereocenters. The van der Waals surface area contributed by atoms with E-state index in [0.717, 1.165) is 43.8 Å². The predicted octanol–water partition coefficient (Wildman–Crippen LogP) is 6.89. The lowest BCUT2D eigenvalue weighted by Crippen LogP contribution is -2.27. The maximum atomic E-state index is 13.5. The van der Waals surface area contributed by atoms with Crippen molar-refractivity contribution < 1.29 is 0 Å². The van der Waals surface area contributed by atoms with E-state index in [0.29, 0.717) is 16.3 Å². The van der Waals surface area contributed by atoms with Gasteiger partial charge in [-0.2, -0.15) is 0 Å². The Morgan fingerprint density at radius 2 is 0.829 bits per heavy atom. The van der Waals surface area contributed by atoms with E-state index in [1.807, 2.05) is 54.6 Å². The Morgan fingerprint density at radius 1 is 0.371 bits per heavy atom. The Labute approximate surface area is 200 Å². The van der Waals surface area contributed by atoms with Gasteiger partial charge in [-0.05, 0) is 63.4 Å². The SMILES string of the molecule is O=c1c2ccccc2c2cc(-c3cccc(-c4ccccc4)c3)cc3c4ccccc4c(=O)n1c23. The smallest absolute Gasteiger partial charge is 0.266 e. The van der Waals surface area contributed by atoms with E-state index in [1.54, 1.807) is 12.1 Å². The highest BCUT2D eigenvalue weighted by molar-refractivity contribution is 6.19. The quantitative estimate of drug-likeness (QED) is 0.213. The van der Waals surface area contributed by atoms with Crippen LogP contribution < -0.4 is 11.1 Å². The van der Waals surface area contributed by atoms with E-state index in [9.17, 15) is 9.59 Å². The van der Waals surface area contributed by atoms with Crippen LogP contribution in [0, 0.1) is 0 Å². The van der Waals surface area contributed by atoms with Crippen LogP contribution in [0.5, 0.6) is 0 Å². The molecule has 7 rings (SSSR count). The highest BCUT2D eigenvalue weighted by atomic mass is 16.2. The summed E-state index contributed by atoms with van der Waals surface area (Å²) in [5.41, 5.74) is 4.57. The Morgan fingerprint density at radius 3 is 1.40 bits per heavy atom. The van der Waals surface area contributed by atoms with Gasteiger partial charge >= 0.3 is 0 Å². The summed E-state index contributed by atoms with van der Waals surface area (Å²) in [6.45, 7) is 0. The van der Waals surface area contributed by atoms with Crippen LogP contribution in [0.4, 0.5) is 0 Å². The number of hydrogen-bond acceptors (Lipinski definition) is 2. The molecule has 0 saturated carbocycles. The number of nitrogens with zero attached hydrogens (tertiary/aromatic N) is 1. The molecule has 0 bridgehead atoms. The zero-order valence-electron chi connectivity index (χ0n) is 18.7. The van der Waals surface area contributed by atoms with Gasteiger partial charge in [0.1, 0.15) is 0 Å². The molecule has 2 aromatic heterocycles. The average molecular weight is 450 g/mol. The van der Waals surface area contributed by atoms with Gasteiger partial charge in [0.25, 0.3) is 11.1 Å². The molecule has 0 spiro atoms. The predicted molar refractivity (Wildman–Crippen MR) is 145 cm³/mol. The molecule has 0 aliphatic carbocycles. The molecule has 0 aliphatic heterocycles. The van der Waals surface area contributed by atoms with Crippen molar-refractivity contribution in [3.05, 3.63) is 136 Å². The number of hydrogen-bond donors (Lipinski definition) is 0. The molecule has 164 valence electrons. The second kappa shape index (κ2) is 7.37. The third kappa shape index (κ3) is 2.85. The largest absolute Gasteiger partial charge is 0.268 e. The van der Waals surface area contributed by atoms with Crippen molar-refractivity contribution in [1.82, 2.24) is 4.40 Å². The normalized spacial score (nSPS) is 11.7. The zero-order chi connectivity index (χ0) is 23.5. The van der Waals surface area contributed by atoms with E-state index in [4.69, 9.17) is 0 Å². The zero-order valence-corrected chi connectivity index (χ0v) is 18.7. The molecule has 35 heavy (non-hydrogen) atoms. The number of rotatable bonds is 2. The minimum atomic E-state index is -0.271. The van der Waals surface area contributed by atoms with Crippen molar-refractivity contribution in [1.29, 1.82) is 0 Å². The molecule has 0 amide bonds. The number of aromatic nitrogens is 1. The van der Waals surface area contributed by atoms with Gasteiger partial charge < -0.3 is 0 Å². The van der Waals surface area contributed by atoms with Crippen molar-refractivity contribution in [2.75, 3.05) is 0 Å². The van der Waals surface area contributed by atoms with Crippen molar-refractivity contribution in [2.45, 2.75) is 0 Å². The van der Waals surface area contributed by atoms with Gasteiger partial charge in [0.15, 0.2) is 0 Å². The molecule has 0 atom stereocenters. The maximum absolute atomic E-state index is 13.5. The third-order valence-corrected chi connectivity index (χ3v) is 6.94. The van der Waals surface area contributed by atoms with Crippen LogP contribution in [-0.2, 0) is 0 Å². The van der Waals surface area contributed by atoms with Crippen LogP contribution in [0.15, 0.2) is 125 Å². The minimum absolute atomic E-state index is 0.271. The van der Waals surface area contributed by atoms with Crippen LogP contribution >= 0.6 is 0 Å². The molecule has 2 heterocycles. The summed E-state index contributed by atoms with van der Waals surface area (Å²) >= 11 is 0. The van der Waals surface area contributed by atoms with E-state index in [2.05, 4.69) is 48.5 Å². The van der Waals surface area contributed by atoms with Crippen molar-refractivity contribution in [3.8, 4) is 22.3 Å². The van der Waals surface area contributed by atoms with Gasteiger partial charge in [-0.3, -0.25) is 9.59 Å². The molecular formula is C32H19NO2. The summed E-state index contributed by atoms with van der Waals surface area (Å²) in [4.78, 5) is 27.0. The van der Waals surface area contributed by atoms with Crippen molar-refractivity contribution in [2.24, 2.45) is 0 Å². The molecule has 0 N–H and O–H groups in total. The van der Waals surface area contributed by atoms with Crippen LogP contribution in [0.25, 0.3) is 60.1 Å². The van der Waals surface area contributed by atoms with Gasteiger partial charge in [-0.1, -0.05) is 84.9 Å². The standard InChI is InChI=1S/C32H19NO2/c34-31-26-15-6-4-13-24(26)28-18-23(22-12-8-11-21(17-22)20-9-2-1-3-10-20)19-29-25-14-5-7-16-27(25)32(35)33(31)30(28)29/h1-19H. The van der Waals surface area contributed by atoms with Crippen molar-refractivity contribution in [3.63, 3.8) is 0 Å². The summed E-state index contributed by atoms with van der Waals surface area (Å²) in [6, 6.07) is 38.2. The van der Waals surface area contributed by atoms with Crippen LogP contribution in [0.3, 0.4) is 0 Å². The van der Waals surface area contributed by atoms with E-state index in [-0.39, 0.29) is 11.1 Å². The lowest BCUT2D eigenvalue weighted by atomic mass is 9.93. The highest BCUT2D eigenvalue weighted by Gasteiger charge is 2.18. The summed E-state index contributed by atoms with van der Waals surface area (Å²) in [6.07, 6.45) is 0. The van der Waals surface area contributed by atoms with Gasteiger partial charge in [0.2, 0.25) is 0 Å². The van der Waals surface area contributed by atoms with Gasteiger partial charge in [0.05, 0.1) is 5.52 Å². The highest BCUT2D eigenvalue weighted by Crippen LogP contribution is 2.36. The molecule has 7 aromatic rings. The number of benzene rings is 5. The first-order valence-electron chi connectivity index (χ1n) is 11.6. The van der Waals surface area contributed by atoms with Gasteiger partial charge in [-0.25, -0.2) is 4.40 Å². The molecule has 0 saturated heterocycles. The topological polar surface area (TPSA) is 38.5 Å². The fourth-order valence-corrected chi connectivity index (χ4v) is 5.31. The summed E-state index contributed by atoms with van der Waals surface area (Å²) < 4.78 is 1.36. The van der Waals surface area contributed by atoms with Crippen LogP contribution in [-0.4, -0.2) is 4.40 Å². The van der Waals surface area contributed by atoms with Gasteiger partial charge in [0, 0.05) is 21.5 Å². The van der Waals surface area contributed by atoms with E-state index in [1.165, 1.54) is 4.40 Å². The first-order chi connectivity index (χ1) is 17.2. The fraction of sp³-hybridized carbons (Fsp3) is 0. The fourth-order valence-electron chi connectivity index (χ4n) is 5.31. The molecule has 3 nitrogen and oxygen atoms in total. The third-order valence-electron chi connectivity index (χ3n) is 6.94. The average Bonchev–Trinajstić information content (AvgIpc) is 2.93. The Bertz CT molecular complexity index is 1940. The second-order valence-electron chi connectivity index (χ2n) is 8.90. The number of pyridine rings is 2. The Hall–Kier alpha value is -4.76. The van der Waals surface area contributed by atoms with E-state index < -0.39 is 0 Å². The van der Waals surface area contributed by atoms with Crippen molar-refractivity contribution >= 4 is 37.8 Å². The first kappa shape index (κ1) is 19.7. The van der Waals surface area contributed by atoms with Crippen LogP contribution in [0.1, 0.15) is 0 Å². The minimum Gasteiger partial charge on any atom is -0.268 e. The summed E-state index contributed by atoms with van der Waals surface area (Å²) in [7, 11) is 0. The lowest BCUT2D eigenvalue weighted by molar-refractivity contribution is 1.09. The molecule has 0 fully saturated rings. The molecule has 5 aromatic carbocycles. The lowest BCUT2D eigenvalue weighted by Gasteiger charge is -2.15. The molecule has 3 heteroatoms. The molecule has 0 radical (unpaired) electrons. The summed E-state index contributed by atoms with van der Waals surface area (Å²) in [5.74, 6) is 0. The van der Waals surface area contributed by atoms with E-state index >= 15 is 0 Å².